The number of anilines is 1. The zero-order chi connectivity index (χ0) is 14.9. The van der Waals surface area contributed by atoms with Crippen molar-refractivity contribution in [3.63, 3.8) is 0 Å². The molecule has 20 heavy (non-hydrogen) atoms. The first-order valence-corrected chi connectivity index (χ1v) is 7.74. The predicted octanol–water partition coefficient (Wildman–Crippen LogP) is 3.46. The molecule has 4 nitrogen and oxygen atoms in total. The van der Waals surface area contributed by atoms with Crippen LogP contribution in [-0.2, 0) is 10.0 Å². The molecule has 2 N–H and O–H groups in total. The van der Waals surface area contributed by atoms with Crippen molar-refractivity contribution in [2.75, 3.05) is 4.72 Å². The number of aromatic hydroxyl groups is 1. The normalized spacial score (nSPS) is 11.3. The third-order valence-corrected chi connectivity index (χ3v) is 4.52. The Labute approximate surface area is 123 Å². The van der Waals surface area contributed by atoms with E-state index in [0.29, 0.717) is 11.3 Å². The van der Waals surface area contributed by atoms with Crippen molar-refractivity contribution in [3.05, 3.63) is 52.5 Å². The summed E-state index contributed by atoms with van der Waals surface area (Å²) >= 11 is 5.83. The monoisotopic (exact) mass is 311 g/mol. The van der Waals surface area contributed by atoms with E-state index < -0.39 is 10.0 Å². The van der Waals surface area contributed by atoms with E-state index in [1.54, 1.807) is 19.1 Å². The molecule has 0 aliphatic heterocycles. The van der Waals surface area contributed by atoms with E-state index >= 15 is 0 Å². The summed E-state index contributed by atoms with van der Waals surface area (Å²) in [4.78, 5) is 0.171. The largest absolute Gasteiger partial charge is 0.506 e. The van der Waals surface area contributed by atoms with Gasteiger partial charge in [-0.2, -0.15) is 0 Å². The zero-order valence-electron chi connectivity index (χ0n) is 11.0. The number of phenolic OH excluding ortho intramolecular Hbond substituents is 1. The minimum atomic E-state index is -3.67. The van der Waals surface area contributed by atoms with E-state index in [0.717, 1.165) is 5.56 Å². The van der Waals surface area contributed by atoms with Crippen LogP contribution in [0.15, 0.2) is 41.3 Å². The van der Waals surface area contributed by atoms with Gasteiger partial charge >= 0.3 is 0 Å². The van der Waals surface area contributed by atoms with Crippen LogP contribution in [-0.4, -0.2) is 13.5 Å². The lowest BCUT2D eigenvalue weighted by Crippen LogP contribution is -2.13. The standard InChI is InChI=1S/C14H14ClNO3S/c1-9-3-5-12(6-4-9)20(18,19)16-11-7-10(2)14(17)13(15)8-11/h3-8,16-17H,1-2H3. The number of sulfonamides is 1. The van der Waals surface area contributed by atoms with Gasteiger partial charge in [0, 0.05) is 0 Å². The molecule has 0 radical (unpaired) electrons. The number of aryl methyl sites for hydroxylation is 2. The number of benzene rings is 2. The Kier molecular flexibility index (Phi) is 3.92. The molecule has 0 aliphatic rings. The molecular weight excluding hydrogens is 298 g/mol. The van der Waals surface area contributed by atoms with Crippen molar-refractivity contribution < 1.29 is 13.5 Å². The van der Waals surface area contributed by atoms with Gasteiger partial charge in [0.05, 0.1) is 15.6 Å². The lowest BCUT2D eigenvalue weighted by molar-refractivity contribution is 0.471. The van der Waals surface area contributed by atoms with Crippen molar-refractivity contribution in [2.45, 2.75) is 18.7 Å². The number of hydrogen-bond donors (Lipinski definition) is 2. The summed E-state index contributed by atoms with van der Waals surface area (Å²) in [6.45, 7) is 3.53. The van der Waals surface area contributed by atoms with Crippen molar-refractivity contribution in [1.82, 2.24) is 0 Å². The van der Waals surface area contributed by atoms with Gasteiger partial charge in [-0.3, -0.25) is 4.72 Å². The van der Waals surface area contributed by atoms with Gasteiger partial charge in [0.2, 0.25) is 0 Å². The van der Waals surface area contributed by atoms with E-state index in [9.17, 15) is 13.5 Å². The second kappa shape index (κ2) is 5.34. The van der Waals surface area contributed by atoms with Gasteiger partial charge in [0.25, 0.3) is 10.0 Å². The molecular formula is C14H14ClNO3S. The summed E-state index contributed by atoms with van der Waals surface area (Å²) in [5.41, 5.74) is 1.79. The first-order valence-electron chi connectivity index (χ1n) is 5.88. The Morgan fingerprint density at radius 1 is 1.10 bits per heavy atom. The van der Waals surface area contributed by atoms with Gasteiger partial charge in [-0.05, 0) is 43.7 Å². The fourth-order valence-electron chi connectivity index (χ4n) is 1.73. The molecule has 2 aromatic rings. The number of rotatable bonds is 3. The van der Waals surface area contributed by atoms with E-state index in [1.165, 1.54) is 24.3 Å². The van der Waals surface area contributed by atoms with Crippen molar-refractivity contribution in [1.29, 1.82) is 0 Å². The lowest BCUT2D eigenvalue weighted by atomic mass is 10.2. The highest BCUT2D eigenvalue weighted by molar-refractivity contribution is 7.92. The summed E-state index contributed by atoms with van der Waals surface area (Å²) in [5, 5.41) is 9.67. The number of phenols is 1. The van der Waals surface area contributed by atoms with E-state index in [2.05, 4.69) is 4.72 Å². The van der Waals surface area contributed by atoms with Gasteiger partial charge in [0.1, 0.15) is 5.75 Å². The molecule has 0 amide bonds. The lowest BCUT2D eigenvalue weighted by Gasteiger charge is -2.10. The van der Waals surface area contributed by atoms with E-state index in [1.807, 2.05) is 6.92 Å². The molecule has 0 spiro atoms. The van der Waals surface area contributed by atoms with Gasteiger partial charge in [-0.25, -0.2) is 8.42 Å². The van der Waals surface area contributed by atoms with Crippen LogP contribution in [0.2, 0.25) is 5.02 Å². The highest BCUT2D eigenvalue weighted by Crippen LogP contribution is 2.31. The Bertz CT molecular complexity index is 717. The molecule has 6 heteroatoms. The zero-order valence-corrected chi connectivity index (χ0v) is 12.6. The summed E-state index contributed by atoms with van der Waals surface area (Å²) in [6, 6.07) is 9.41. The minimum absolute atomic E-state index is 0.0510. The Morgan fingerprint density at radius 2 is 1.70 bits per heavy atom. The van der Waals surface area contributed by atoms with Gasteiger partial charge in [-0.1, -0.05) is 29.3 Å². The molecule has 0 saturated carbocycles. The molecule has 0 fully saturated rings. The smallest absolute Gasteiger partial charge is 0.261 e. The Morgan fingerprint density at radius 3 is 2.25 bits per heavy atom. The van der Waals surface area contributed by atoms with Gasteiger partial charge in [-0.15, -0.1) is 0 Å². The van der Waals surface area contributed by atoms with Crippen LogP contribution >= 0.6 is 11.6 Å². The number of halogens is 1. The molecule has 106 valence electrons. The predicted molar refractivity (Wildman–Crippen MR) is 79.8 cm³/mol. The number of hydrogen-bond acceptors (Lipinski definition) is 3. The fourth-order valence-corrected chi connectivity index (χ4v) is 3.03. The maximum absolute atomic E-state index is 12.2. The van der Waals surface area contributed by atoms with E-state index in [4.69, 9.17) is 11.6 Å². The first kappa shape index (κ1) is 14.7. The SMILES string of the molecule is Cc1ccc(S(=O)(=O)Nc2cc(C)c(O)c(Cl)c2)cc1. The molecule has 0 aliphatic carbocycles. The van der Waals surface area contributed by atoms with Crippen molar-refractivity contribution >= 4 is 27.3 Å². The molecule has 0 saturated heterocycles. The maximum atomic E-state index is 12.2. The number of nitrogens with one attached hydrogen (secondary N) is 1. The van der Waals surface area contributed by atoms with Crippen LogP contribution in [0, 0.1) is 13.8 Å². The van der Waals surface area contributed by atoms with Crippen molar-refractivity contribution in [2.24, 2.45) is 0 Å². The molecule has 2 rings (SSSR count). The quantitative estimate of drug-likeness (QED) is 0.853. The third-order valence-electron chi connectivity index (χ3n) is 2.84. The molecule has 0 bridgehead atoms. The average Bonchev–Trinajstić information content (AvgIpc) is 2.36. The van der Waals surface area contributed by atoms with Crippen LogP contribution in [0.25, 0.3) is 0 Å². The molecule has 0 unspecified atom stereocenters. The second-order valence-corrected chi connectivity index (χ2v) is 6.63. The highest BCUT2D eigenvalue weighted by Gasteiger charge is 2.15. The third kappa shape index (κ3) is 3.05. The average molecular weight is 312 g/mol. The van der Waals surface area contributed by atoms with Crippen LogP contribution < -0.4 is 4.72 Å². The van der Waals surface area contributed by atoms with Crippen LogP contribution in [0.4, 0.5) is 5.69 Å². The highest BCUT2D eigenvalue weighted by atomic mass is 35.5. The van der Waals surface area contributed by atoms with Crippen molar-refractivity contribution in [3.8, 4) is 5.75 Å². The summed E-state index contributed by atoms with van der Waals surface area (Å²) in [7, 11) is -3.67. The van der Waals surface area contributed by atoms with Crippen LogP contribution in [0.5, 0.6) is 5.75 Å². The van der Waals surface area contributed by atoms with Crippen LogP contribution in [0.3, 0.4) is 0 Å². The Balaban J connectivity index is 2.36. The summed E-state index contributed by atoms with van der Waals surface area (Å²) < 4.78 is 26.8. The minimum Gasteiger partial charge on any atom is -0.506 e. The topological polar surface area (TPSA) is 66.4 Å². The molecule has 0 aromatic heterocycles. The molecule has 2 aromatic carbocycles. The molecule has 0 atom stereocenters. The molecule has 0 heterocycles. The van der Waals surface area contributed by atoms with Gasteiger partial charge in [0.15, 0.2) is 0 Å². The summed E-state index contributed by atoms with van der Waals surface area (Å²) in [5.74, 6) is -0.0510. The fraction of sp³-hybridized carbons (Fsp3) is 0.143. The van der Waals surface area contributed by atoms with Crippen LogP contribution in [0.1, 0.15) is 11.1 Å². The summed E-state index contributed by atoms with van der Waals surface area (Å²) in [6.07, 6.45) is 0. The Hall–Kier alpha value is -1.72. The maximum Gasteiger partial charge on any atom is 0.261 e. The van der Waals surface area contributed by atoms with E-state index in [-0.39, 0.29) is 15.7 Å². The van der Waals surface area contributed by atoms with Gasteiger partial charge < -0.3 is 5.11 Å². The first-order chi connectivity index (χ1) is 9.29. The second-order valence-electron chi connectivity index (χ2n) is 4.54.